The van der Waals surface area contributed by atoms with Crippen LogP contribution in [0.15, 0.2) is 84.9 Å². The van der Waals surface area contributed by atoms with Gasteiger partial charge in [-0.1, -0.05) is 133 Å². The van der Waals surface area contributed by atoms with Gasteiger partial charge in [0.05, 0.1) is 6.04 Å². The molecule has 4 rings (SSSR count). The van der Waals surface area contributed by atoms with E-state index in [2.05, 4.69) is 115 Å². The van der Waals surface area contributed by atoms with Gasteiger partial charge in [0, 0.05) is 39.3 Å². The Bertz CT molecular complexity index is 1060. The Labute approximate surface area is 263 Å². The maximum atomic E-state index is 13.6. The summed E-state index contributed by atoms with van der Waals surface area (Å²) in [6.07, 6.45) is 4.28. The van der Waals surface area contributed by atoms with E-state index in [0.717, 1.165) is 45.1 Å². The van der Waals surface area contributed by atoms with Crippen LogP contribution in [0.2, 0.25) is 0 Å². The summed E-state index contributed by atoms with van der Waals surface area (Å²) in [6, 6.07) is 29.6. The molecular formula is C38H60N4O. The number of carbonyl (C=O) groups is 1. The lowest BCUT2D eigenvalue weighted by atomic mass is 10.0. The second-order valence-corrected chi connectivity index (χ2v) is 11.4. The predicted molar refractivity (Wildman–Crippen MR) is 186 cm³/mol. The van der Waals surface area contributed by atoms with Crippen LogP contribution >= 0.6 is 0 Å². The molecule has 0 spiro atoms. The molecule has 3 aromatic carbocycles. The number of nitrogens with two attached hydrogens (primary N) is 1. The molecule has 5 nitrogen and oxygen atoms in total. The Morgan fingerprint density at radius 3 is 1.74 bits per heavy atom. The van der Waals surface area contributed by atoms with E-state index in [0.29, 0.717) is 13.0 Å². The zero-order valence-corrected chi connectivity index (χ0v) is 28.2. The summed E-state index contributed by atoms with van der Waals surface area (Å²) in [5.41, 5.74) is 9.64. The molecule has 3 aromatic rings. The third-order valence-corrected chi connectivity index (χ3v) is 6.91. The quantitative estimate of drug-likeness (QED) is 0.246. The number of rotatable bonds is 11. The molecule has 1 aliphatic heterocycles. The molecule has 1 saturated heterocycles. The minimum Gasteiger partial charge on any atom is -0.339 e. The van der Waals surface area contributed by atoms with Crippen LogP contribution in [0, 0.1) is 5.92 Å². The molecule has 1 amide bonds. The van der Waals surface area contributed by atoms with Gasteiger partial charge in [0.25, 0.3) is 0 Å². The number of hydrogen-bond donors (Lipinski definition) is 2. The van der Waals surface area contributed by atoms with Gasteiger partial charge in [-0.05, 0) is 54.5 Å². The second-order valence-electron chi connectivity index (χ2n) is 11.4. The van der Waals surface area contributed by atoms with Crippen LogP contribution in [-0.4, -0.2) is 55.0 Å². The number of unbranched alkanes of at least 4 members (excludes halogenated alkanes) is 1. The Morgan fingerprint density at radius 1 is 0.744 bits per heavy atom. The van der Waals surface area contributed by atoms with Crippen molar-refractivity contribution < 1.29 is 4.79 Å². The van der Waals surface area contributed by atoms with E-state index in [4.69, 9.17) is 0 Å². The highest BCUT2D eigenvalue weighted by atomic mass is 16.2. The molecule has 0 aromatic heterocycles. The van der Waals surface area contributed by atoms with Gasteiger partial charge in [0.1, 0.15) is 0 Å². The number of nitrogens with zero attached hydrogens (tertiary/aromatic N) is 2. The highest BCUT2D eigenvalue weighted by Gasteiger charge is 2.27. The highest BCUT2D eigenvalue weighted by molar-refractivity contribution is 5.82. The van der Waals surface area contributed by atoms with Crippen molar-refractivity contribution in [1.29, 1.82) is 0 Å². The smallest absolute Gasteiger partial charge is 0.240 e. The van der Waals surface area contributed by atoms with Crippen molar-refractivity contribution in [2.75, 3.05) is 33.2 Å². The SMILES string of the molecule is CC.CC(C)C.CCCCc1ccc(CNC(Cc2ccccc2)C(=O)N2CCN(Cc3ccccc3)CC2)cc1.CN. The summed E-state index contributed by atoms with van der Waals surface area (Å²) in [5.74, 6) is 1.05. The number of benzene rings is 3. The van der Waals surface area contributed by atoms with Crippen molar-refractivity contribution >= 4 is 5.91 Å². The maximum absolute atomic E-state index is 13.6. The number of hydrogen-bond acceptors (Lipinski definition) is 4. The zero-order chi connectivity index (χ0) is 31.9. The number of carbonyl (C=O) groups excluding carboxylic acids is 1. The lowest BCUT2D eigenvalue weighted by molar-refractivity contribution is -0.135. The molecule has 0 radical (unpaired) electrons. The maximum Gasteiger partial charge on any atom is 0.240 e. The van der Waals surface area contributed by atoms with Crippen LogP contribution in [0.3, 0.4) is 0 Å². The molecule has 238 valence electrons. The van der Waals surface area contributed by atoms with Crippen LogP contribution < -0.4 is 11.1 Å². The lowest BCUT2D eigenvalue weighted by Crippen LogP contribution is -2.54. The largest absolute Gasteiger partial charge is 0.339 e. The first-order chi connectivity index (χ1) is 20.9. The van der Waals surface area contributed by atoms with Gasteiger partial charge in [-0.15, -0.1) is 0 Å². The van der Waals surface area contributed by atoms with E-state index in [-0.39, 0.29) is 11.9 Å². The summed E-state index contributed by atoms with van der Waals surface area (Å²) in [6.45, 7) is 17.8. The van der Waals surface area contributed by atoms with Gasteiger partial charge in [-0.3, -0.25) is 9.69 Å². The average Bonchev–Trinajstić information content (AvgIpc) is 3.05. The third kappa shape index (κ3) is 15.9. The molecule has 1 aliphatic rings. The van der Waals surface area contributed by atoms with Gasteiger partial charge in [0.15, 0.2) is 0 Å². The molecule has 43 heavy (non-hydrogen) atoms. The predicted octanol–water partition coefficient (Wildman–Crippen LogP) is 7.34. The molecule has 1 atom stereocenters. The van der Waals surface area contributed by atoms with E-state index < -0.39 is 0 Å². The Kier molecular flexibility index (Phi) is 20.8. The minimum atomic E-state index is -0.224. The Morgan fingerprint density at radius 2 is 1.23 bits per heavy atom. The number of aryl methyl sites for hydroxylation is 1. The monoisotopic (exact) mass is 588 g/mol. The number of amides is 1. The van der Waals surface area contributed by atoms with E-state index >= 15 is 0 Å². The van der Waals surface area contributed by atoms with Crippen LogP contribution in [0.25, 0.3) is 0 Å². The summed E-state index contributed by atoms with van der Waals surface area (Å²) in [4.78, 5) is 18.1. The van der Waals surface area contributed by atoms with Crippen LogP contribution in [0.1, 0.15) is 76.6 Å². The van der Waals surface area contributed by atoms with Crippen molar-refractivity contribution in [3.05, 3.63) is 107 Å². The highest BCUT2D eigenvalue weighted by Crippen LogP contribution is 2.13. The van der Waals surface area contributed by atoms with Gasteiger partial charge in [-0.2, -0.15) is 0 Å². The lowest BCUT2D eigenvalue weighted by Gasteiger charge is -2.36. The fourth-order valence-electron chi connectivity index (χ4n) is 4.73. The number of nitrogens with one attached hydrogen (secondary N) is 1. The molecule has 0 bridgehead atoms. The second kappa shape index (κ2) is 23.5. The van der Waals surface area contributed by atoms with Gasteiger partial charge < -0.3 is 16.0 Å². The normalized spacial score (nSPS) is 13.5. The molecule has 1 fully saturated rings. The Balaban J connectivity index is 0.00000105. The molecule has 5 heteroatoms. The van der Waals surface area contributed by atoms with Gasteiger partial charge >= 0.3 is 0 Å². The van der Waals surface area contributed by atoms with E-state index in [9.17, 15) is 4.79 Å². The third-order valence-electron chi connectivity index (χ3n) is 6.91. The first kappa shape index (κ1) is 38.0. The molecule has 1 heterocycles. The Hall–Kier alpha value is -2.99. The van der Waals surface area contributed by atoms with E-state index in [1.165, 1.54) is 42.1 Å². The average molecular weight is 589 g/mol. The zero-order valence-electron chi connectivity index (χ0n) is 28.2. The molecule has 0 aliphatic carbocycles. The van der Waals surface area contributed by atoms with Crippen molar-refractivity contribution in [2.24, 2.45) is 11.7 Å². The summed E-state index contributed by atoms with van der Waals surface area (Å²) in [5, 5.41) is 3.59. The van der Waals surface area contributed by atoms with E-state index in [1.807, 2.05) is 32.0 Å². The minimum absolute atomic E-state index is 0.216. The molecule has 1 unspecified atom stereocenters. The molecule has 3 N–H and O–H groups in total. The molecular weight excluding hydrogens is 528 g/mol. The standard InChI is InChI=1S/C31H39N3O.C4H10.C2H6.CH5N/c1-2-3-10-26-15-17-28(18-16-26)24-32-30(23-27-11-6-4-7-12-27)31(35)34-21-19-33(20-22-34)25-29-13-8-5-9-14-29;1-4(2)3;2*1-2/h4-9,11-18,30,32H,2-3,10,19-25H2,1H3;4H,1-3H3;1-2H3;2H2,1H3. The fourth-order valence-corrected chi connectivity index (χ4v) is 4.73. The summed E-state index contributed by atoms with van der Waals surface area (Å²) >= 11 is 0. The van der Waals surface area contributed by atoms with Gasteiger partial charge in [-0.25, -0.2) is 0 Å². The van der Waals surface area contributed by atoms with Crippen LogP contribution in [0.5, 0.6) is 0 Å². The van der Waals surface area contributed by atoms with Crippen LogP contribution in [0.4, 0.5) is 0 Å². The van der Waals surface area contributed by atoms with Crippen molar-refractivity contribution in [3.8, 4) is 0 Å². The first-order valence-corrected chi connectivity index (χ1v) is 16.4. The van der Waals surface area contributed by atoms with Crippen molar-refractivity contribution in [3.63, 3.8) is 0 Å². The first-order valence-electron chi connectivity index (χ1n) is 16.4. The van der Waals surface area contributed by atoms with Crippen molar-refractivity contribution in [2.45, 2.75) is 86.4 Å². The molecule has 0 saturated carbocycles. The van der Waals surface area contributed by atoms with Gasteiger partial charge in [0.2, 0.25) is 5.91 Å². The number of piperazine rings is 1. The van der Waals surface area contributed by atoms with E-state index in [1.54, 1.807) is 0 Å². The van der Waals surface area contributed by atoms with Crippen molar-refractivity contribution in [1.82, 2.24) is 15.1 Å². The van der Waals surface area contributed by atoms with Crippen LogP contribution in [-0.2, 0) is 30.7 Å². The summed E-state index contributed by atoms with van der Waals surface area (Å²) in [7, 11) is 1.50. The fraction of sp³-hybridized carbons (Fsp3) is 0.500. The topological polar surface area (TPSA) is 61.6 Å². The summed E-state index contributed by atoms with van der Waals surface area (Å²) < 4.78 is 0.